The maximum atomic E-state index is 12.8. The number of terminal acetylenes is 5. The molecule has 0 fully saturated rings. The van der Waals surface area contributed by atoms with Gasteiger partial charge in [-0.3, -0.25) is 18.4 Å². The van der Waals surface area contributed by atoms with Crippen LogP contribution >= 0.6 is 133 Å². The van der Waals surface area contributed by atoms with Crippen molar-refractivity contribution in [1.29, 1.82) is 0 Å². The number of alkyl halides is 3. The van der Waals surface area contributed by atoms with Gasteiger partial charge in [-0.2, -0.15) is 0 Å². The van der Waals surface area contributed by atoms with E-state index in [4.69, 9.17) is 116 Å². The molecule has 2 heterocycles. The summed E-state index contributed by atoms with van der Waals surface area (Å²) in [6, 6.07) is 60.7. The van der Waals surface area contributed by atoms with Gasteiger partial charge in [0.25, 0.3) is 5.85 Å². The molecule has 25 heteroatoms. The molecular formula is C82H92Br4Cl4O12P4Si. The molecule has 1 atom stereocenters. The van der Waals surface area contributed by atoms with Gasteiger partial charge in [0.15, 0.2) is 0 Å². The van der Waals surface area contributed by atoms with Crippen LogP contribution < -0.4 is 4.52 Å². The second kappa shape index (κ2) is 57.8. The first-order valence-electron chi connectivity index (χ1n) is 33.0. The molecule has 8 aromatic carbocycles. The quantitative estimate of drug-likeness (QED) is 0.0244. The van der Waals surface area contributed by atoms with Crippen molar-refractivity contribution in [3.8, 4) is 73.2 Å². The number of esters is 1. The van der Waals surface area contributed by atoms with Gasteiger partial charge in [0, 0.05) is 56.6 Å². The molecular weight excluding hydrogens is 1790 g/mol. The predicted molar refractivity (Wildman–Crippen MR) is 468 cm³/mol. The molecule has 0 radical (unpaired) electrons. The molecule has 572 valence electrons. The summed E-state index contributed by atoms with van der Waals surface area (Å²) in [6.45, 7) is 14.4. The molecule has 0 bridgehead atoms. The van der Waals surface area contributed by atoms with E-state index in [0.29, 0.717) is 69.8 Å². The zero-order valence-corrected chi connectivity index (χ0v) is 74.7. The van der Waals surface area contributed by atoms with E-state index in [-0.39, 0.29) is 52.8 Å². The van der Waals surface area contributed by atoms with Crippen molar-refractivity contribution >= 4 is 147 Å². The fourth-order valence-electron chi connectivity index (χ4n) is 9.10. The van der Waals surface area contributed by atoms with Gasteiger partial charge in [-0.25, -0.2) is 4.57 Å². The topological polar surface area (TPSA) is 175 Å². The summed E-state index contributed by atoms with van der Waals surface area (Å²) >= 11 is 33.5. The first kappa shape index (κ1) is 99.9. The molecule has 0 aromatic heterocycles. The maximum Gasteiger partial charge on any atom is 0.383 e. The molecule has 12 nitrogen and oxygen atoms in total. The van der Waals surface area contributed by atoms with Crippen LogP contribution in [0, 0.1) is 61.7 Å². The largest absolute Gasteiger partial charge is 0.508 e. The van der Waals surface area contributed by atoms with E-state index in [1.807, 2.05) is 158 Å². The van der Waals surface area contributed by atoms with Gasteiger partial charge in [-0.15, -0.1) is 84.9 Å². The van der Waals surface area contributed by atoms with Crippen molar-refractivity contribution < 1.29 is 56.6 Å². The molecule has 8 aromatic rings. The number of cyclic esters (lactones) is 1. The standard InChI is InChI=1S/C17H15O3P.C14H19O3P.C10H9Br.C10H9Cl2OP.C10H10O.C9H8O2.C7H8O2.C4H12Si.CH2Cl2.Br3P/c1-2-7-14-8-3-4-10-16(14)13-21(18)19-12-15-9-5-6-11-17(15)20-21;1-4-9-13-10-7-8-11-14(13)12-18(15,16-5-2)17-6-3;1-2-5-9-6-3-4-7-10(9)8-11;1-2-5-9-6-3-4-7-10(9)8-14(11,12)13;1-2-5-9-6-3-4-7-10(9)8-11;10-9-5-7-3-1-2-4-8(7)6-11-9;8-5-6-3-1-2-4-7(6)9;1-5(2,3)4;2-1-3;1-4(2)3/h1,3-6,8-11H,7,12-13H2;1,7-8,10-11H,5-6,9,12H2,2-3H3;1,3-4,6-7H,5,8H2;1,3-4,6-7H,5,8H2;1,3-4,6-7,11H,5,8H2;1-4H,5-6H2;1-4,8-9H,5H2;1-4H3;1H2;. The molecule has 0 saturated carbocycles. The Hall–Kier alpha value is -5.15. The average molecular weight is 1880 g/mol. The lowest BCUT2D eigenvalue weighted by Gasteiger charge is -2.26. The Labute approximate surface area is 690 Å². The number of aliphatic hydroxyl groups is 2. The van der Waals surface area contributed by atoms with E-state index in [1.165, 1.54) is 11.1 Å². The molecule has 1 unspecified atom stereocenters. The number of hydrogen-bond donors (Lipinski definition) is 3. The number of ether oxygens (including phenoxy) is 1. The number of carbonyl (C=O) groups is 1. The summed E-state index contributed by atoms with van der Waals surface area (Å²) in [7, 11) is -6.86. The molecule has 10 rings (SSSR count). The lowest BCUT2D eigenvalue weighted by Crippen LogP contribution is -2.15. The van der Waals surface area contributed by atoms with Crippen LogP contribution in [0.4, 0.5) is 0 Å². The van der Waals surface area contributed by atoms with Crippen molar-refractivity contribution in [2.75, 3.05) is 18.6 Å². The van der Waals surface area contributed by atoms with E-state index in [2.05, 4.69) is 130 Å². The number of para-hydroxylation sites is 2. The van der Waals surface area contributed by atoms with Crippen LogP contribution in [0.25, 0.3) is 0 Å². The molecule has 3 N–H and O–H groups in total. The third-order valence-corrected chi connectivity index (χ3v) is 19.5. The van der Waals surface area contributed by atoms with Crippen LogP contribution in [0.3, 0.4) is 0 Å². The van der Waals surface area contributed by atoms with Crippen molar-refractivity contribution in [2.24, 2.45) is 0 Å². The number of carbonyl (C=O) groups excluding carboxylic acids is 1. The lowest BCUT2D eigenvalue weighted by molar-refractivity contribution is -0.145. The first-order valence-corrected chi connectivity index (χ1v) is 53.8. The fraction of sp³-hybridized carbons (Fsp3) is 0.280. The second-order valence-corrected chi connectivity index (χ2v) is 55.8. The van der Waals surface area contributed by atoms with Crippen LogP contribution in [0.5, 0.6) is 11.5 Å². The Bertz CT molecular complexity index is 4220. The molecule has 2 aliphatic rings. The normalized spacial score (nSPS) is 12.6. The summed E-state index contributed by atoms with van der Waals surface area (Å²) in [5.41, 5.74) is 13.9. The summed E-state index contributed by atoms with van der Waals surface area (Å²) in [4.78, 5) is 10.8. The van der Waals surface area contributed by atoms with Crippen molar-refractivity contribution in [3.05, 3.63) is 272 Å². The minimum Gasteiger partial charge on any atom is -0.508 e. The van der Waals surface area contributed by atoms with Crippen LogP contribution in [0.2, 0.25) is 26.2 Å². The van der Waals surface area contributed by atoms with Crippen molar-refractivity contribution in [1.82, 2.24) is 0 Å². The number of phenols is 1. The van der Waals surface area contributed by atoms with E-state index in [1.54, 1.807) is 38.1 Å². The SMILES string of the molecule is BrP(Br)Br.C#CCc1ccccc1CBr.C#CCc1ccccc1CO.C#CCc1ccccc1CP(=O)(Cl)Cl.C#CCc1ccccc1CP(=O)(OCC)OCC.C#CCc1ccccc1CP1(=O)OCc2ccccc2O1.C[Si](C)(C)C.ClCCl.O=C1Cc2ccccc2CO1.OCc1ccccc1O. The Morgan fingerprint density at radius 3 is 1.23 bits per heavy atom. The highest BCUT2D eigenvalue weighted by Gasteiger charge is 2.33. The molecule has 107 heavy (non-hydrogen) atoms. The molecule has 0 saturated heterocycles. The Kier molecular flexibility index (Phi) is 54.0. The number of aliphatic hydroxyl groups excluding tert-OH is 2. The minimum absolute atomic E-state index is 0.0673. The number of halogens is 8. The van der Waals surface area contributed by atoms with Crippen molar-refractivity contribution in [2.45, 2.75) is 129 Å². The van der Waals surface area contributed by atoms with Gasteiger partial charge >= 0.3 is 21.2 Å². The highest BCUT2D eigenvalue weighted by atomic mass is 80.0. The lowest BCUT2D eigenvalue weighted by atomic mass is 10.0. The van der Waals surface area contributed by atoms with E-state index >= 15 is 0 Å². The molecule has 2 aliphatic heterocycles. The summed E-state index contributed by atoms with van der Waals surface area (Å²) in [5.74, 6) is 10.6. The van der Waals surface area contributed by atoms with Gasteiger partial charge in [-0.05, 0) is 162 Å². The number of fused-ring (bicyclic) bond motifs is 2. The van der Waals surface area contributed by atoms with Crippen LogP contribution in [0.15, 0.2) is 194 Å². The molecule has 0 amide bonds. The maximum absolute atomic E-state index is 12.8. The van der Waals surface area contributed by atoms with Crippen LogP contribution in [0.1, 0.15) is 91.7 Å². The number of aromatic hydroxyl groups is 1. The highest BCUT2D eigenvalue weighted by Crippen LogP contribution is 2.60. The van der Waals surface area contributed by atoms with Crippen LogP contribution in [-0.2, 0) is 126 Å². The van der Waals surface area contributed by atoms with Crippen LogP contribution in [-0.4, -0.2) is 47.9 Å². The predicted octanol–water partition coefficient (Wildman–Crippen LogP) is 24.9. The van der Waals surface area contributed by atoms with E-state index in [0.717, 1.165) is 72.9 Å². The Morgan fingerprint density at radius 2 is 0.841 bits per heavy atom. The van der Waals surface area contributed by atoms with Gasteiger partial charge < -0.3 is 33.6 Å². The van der Waals surface area contributed by atoms with E-state index < -0.39 is 29.1 Å². The Balaban J connectivity index is 0.000000617. The average Bonchev–Trinajstić information content (AvgIpc) is 0.798. The second-order valence-electron chi connectivity index (χ2n) is 23.8. The molecule has 0 spiro atoms. The smallest absolute Gasteiger partial charge is 0.383 e. The van der Waals surface area contributed by atoms with Gasteiger partial charge in [0.1, 0.15) is 22.1 Å². The first-order chi connectivity index (χ1) is 51.0. The fourth-order valence-corrected chi connectivity index (χ4v) is 14.6. The molecule has 0 aliphatic carbocycles. The Morgan fingerprint density at radius 1 is 0.514 bits per heavy atom. The third kappa shape index (κ3) is 45.7. The van der Waals surface area contributed by atoms with Crippen molar-refractivity contribution in [3.63, 3.8) is 0 Å². The summed E-state index contributed by atoms with van der Waals surface area (Å²) in [6.07, 6.45) is 30.2. The van der Waals surface area contributed by atoms with Gasteiger partial charge in [-0.1, -0.05) is 224 Å². The highest BCUT2D eigenvalue weighted by molar-refractivity contribution is 9.93. The summed E-state index contributed by atoms with van der Waals surface area (Å²) < 4.78 is 62.9. The number of benzene rings is 8. The minimum atomic E-state index is -3.19. The van der Waals surface area contributed by atoms with Gasteiger partial charge in [0.05, 0.1) is 63.3 Å². The summed E-state index contributed by atoms with van der Waals surface area (Å²) in [5, 5.41) is 27.5. The monoisotopic (exact) mass is 1880 g/mol. The number of rotatable bonds is 18. The third-order valence-electron chi connectivity index (χ3n) is 13.7. The van der Waals surface area contributed by atoms with Gasteiger partial charge in [0.2, 0.25) is 0 Å². The number of hydrogen-bond acceptors (Lipinski definition) is 12. The zero-order valence-electron chi connectivity index (χ0n) is 60.7. The van der Waals surface area contributed by atoms with E-state index in [9.17, 15) is 18.5 Å². The zero-order chi connectivity index (χ0) is 80.1.